The van der Waals surface area contributed by atoms with Crippen LogP contribution in [0.1, 0.15) is 11.1 Å². The van der Waals surface area contributed by atoms with Crippen LogP contribution in [0, 0.1) is 5.95 Å². The molecule has 0 aliphatic carbocycles. The summed E-state index contributed by atoms with van der Waals surface area (Å²) in [6, 6.07) is 12.6. The van der Waals surface area contributed by atoms with Crippen LogP contribution in [0.15, 0.2) is 54.9 Å². The molecule has 3 aromatic heterocycles. The summed E-state index contributed by atoms with van der Waals surface area (Å²) < 4.78 is 23.9. The van der Waals surface area contributed by atoms with Gasteiger partial charge in [-0.05, 0) is 29.8 Å². The lowest BCUT2D eigenvalue weighted by Gasteiger charge is -2.09. The first-order valence-electron chi connectivity index (χ1n) is 8.60. The molecule has 1 N–H and O–H groups in total. The summed E-state index contributed by atoms with van der Waals surface area (Å²) in [6.07, 6.45) is 6.99. The Morgan fingerprint density at radius 2 is 2.00 bits per heavy atom. The number of pyridine rings is 1. The highest BCUT2D eigenvalue weighted by Crippen LogP contribution is 2.30. The quantitative estimate of drug-likeness (QED) is 0.401. The van der Waals surface area contributed by atoms with Gasteiger partial charge in [-0.15, -0.1) is 10.2 Å². The Morgan fingerprint density at radius 3 is 2.86 bits per heavy atom. The fraction of sp³-hybridized carbons (Fsp3) is 0.0952. The number of halogens is 1. The minimum absolute atomic E-state index is 0.146. The molecule has 7 heteroatoms. The van der Waals surface area contributed by atoms with Gasteiger partial charge in [0.15, 0.2) is 12.4 Å². The van der Waals surface area contributed by atoms with Crippen molar-refractivity contribution in [3.05, 3.63) is 71.9 Å². The summed E-state index contributed by atoms with van der Waals surface area (Å²) in [4.78, 5) is 6.66. The second-order valence-corrected chi connectivity index (χ2v) is 6.03. The zero-order chi connectivity index (χ0) is 19.3. The molecule has 0 bridgehead atoms. The summed E-state index contributed by atoms with van der Waals surface area (Å²) in [7, 11) is 1.57. The molecule has 0 saturated carbocycles. The number of benzene rings is 1. The maximum absolute atomic E-state index is 13.3. The molecule has 0 fully saturated rings. The first-order valence-corrected chi connectivity index (χ1v) is 8.60. The van der Waals surface area contributed by atoms with Crippen LogP contribution in [0.25, 0.3) is 34.4 Å². The SMILES string of the molecule is COCOc1ccccc1-c1cc2c(/C=C\c3ccnc(F)c3)c[nH]c2nn1. The maximum Gasteiger partial charge on any atom is 0.213 e. The van der Waals surface area contributed by atoms with Crippen LogP contribution in [0.4, 0.5) is 4.39 Å². The van der Waals surface area contributed by atoms with Gasteiger partial charge in [0, 0.05) is 42.1 Å². The van der Waals surface area contributed by atoms with Gasteiger partial charge in [-0.2, -0.15) is 4.39 Å². The van der Waals surface area contributed by atoms with Crippen molar-refractivity contribution in [3.8, 4) is 17.0 Å². The molecule has 3 heterocycles. The van der Waals surface area contributed by atoms with E-state index in [1.54, 1.807) is 13.2 Å². The molecule has 4 rings (SSSR count). The Labute approximate surface area is 160 Å². The maximum atomic E-state index is 13.3. The van der Waals surface area contributed by atoms with E-state index in [-0.39, 0.29) is 6.79 Å². The average Bonchev–Trinajstić information content (AvgIpc) is 3.13. The zero-order valence-corrected chi connectivity index (χ0v) is 15.1. The normalized spacial score (nSPS) is 11.4. The number of fused-ring (bicyclic) bond motifs is 1. The summed E-state index contributed by atoms with van der Waals surface area (Å²) in [5.74, 6) is 0.153. The number of hydrogen-bond acceptors (Lipinski definition) is 5. The molecule has 1 aromatic carbocycles. The lowest BCUT2D eigenvalue weighted by atomic mass is 10.1. The summed E-state index contributed by atoms with van der Waals surface area (Å²) in [6.45, 7) is 0.146. The Kier molecular flexibility index (Phi) is 5.07. The van der Waals surface area contributed by atoms with E-state index in [4.69, 9.17) is 9.47 Å². The van der Waals surface area contributed by atoms with Gasteiger partial charge in [-0.25, -0.2) is 4.98 Å². The van der Waals surface area contributed by atoms with Gasteiger partial charge in [0.25, 0.3) is 0 Å². The summed E-state index contributed by atoms with van der Waals surface area (Å²) in [5, 5.41) is 9.48. The molecule has 0 aliphatic rings. The van der Waals surface area contributed by atoms with Gasteiger partial charge in [-0.3, -0.25) is 0 Å². The molecular formula is C21H17FN4O2. The zero-order valence-electron chi connectivity index (χ0n) is 15.1. The van der Waals surface area contributed by atoms with Crippen molar-refractivity contribution in [2.75, 3.05) is 13.9 Å². The lowest BCUT2D eigenvalue weighted by molar-refractivity contribution is 0.0515. The highest BCUT2D eigenvalue weighted by molar-refractivity contribution is 5.91. The van der Waals surface area contributed by atoms with E-state index in [0.717, 1.165) is 22.1 Å². The summed E-state index contributed by atoms with van der Waals surface area (Å²) >= 11 is 0. The number of rotatable bonds is 6. The first kappa shape index (κ1) is 17.8. The Hall–Kier alpha value is -3.58. The molecule has 4 aromatic rings. The number of H-pyrrole nitrogens is 1. The van der Waals surface area contributed by atoms with Crippen LogP contribution in [0.3, 0.4) is 0 Å². The van der Waals surface area contributed by atoms with Crippen LogP contribution in [-0.4, -0.2) is 34.1 Å². The van der Waals surface area contributed by atoms with Gasteiger partial charge in [-0.1, -0.05) is 24.3 Å². The highest BCUT2D eigenvalue weighted by Gasteiger charge is 2.11. The van der Waals surface area contributed by atoms with Crippen LogP contribution in [-0.2, 0) is 4.74 Å². The van der Waals surface area contributed by atoms with Crippen molar-refractivity contribution < 1.29 is 13.9 Å². The van der Waals surface area contributed by atoms with Crippen molar-refractivity contribution in [3.63, 3.8) is 0 Å². The third-order valence-electron chi connectivity index (χ3n) is 4.17. The number of ether oxygens (including phenoxy) is 2. The highest BCUT2D eigenvalue weighted by atomic mass is 19.1. The molecule has 140 valence electrons. The summed E-state index contributed by atoms with van der Waals surface area (Å²) in [5.41, 5.74) is 3.81. The van der Waals surface area contributed by atoms with Crippen molar-refractivity contribution in [1.29, 1.82) is 0 Å². The predicted octanol–water partition coefficient (Wildman–Crippen LogP) is 4.31. The molecule has 0 atom stereocenters. The number of hydrogen-bond donors (Lipinski definition) is 1. The van der Waals surface area contributed by atoms with Gasteiger partial charge < -0.3 is 14.5 Å². The third-order valence-corrected chi connectivity index (χ3v) is 4.17. The molecule has 0 amide bonds. The van der Waals surface area contributed by atoms with Crippen LogP contribution >= 0.6 is 0 Å². The lowest BCUT2D eigenvalue weighted by Crippen LogP contribution is -2.00. The van der Waals surface area contributed by atoms with E-state index >= 15 is 0 Å². The van der Waals surface area contributed by atoms with E-state index in [1.807, 2.05) is 48.7 Å². The van der Waals surface area contributed by atoms with E-state index in [0.29, 0.717) is 17.1 Å². The van der Waals surface area contributed by atoms with Gasteiger partial charge >= 0.3 is 0 Å². The molecule has 0 unspecified atom stereocenters. The Balaban J connectivity index is 1.71. The second-order valence-electron chi connectivity index (χ2n) is 6.03. The number of nitrogens with zero attached hydrogens (tertiary/aromatic N) is 3. The van der Waals surface area contributed by atoms with Crippen LogP contribution < -0.4 is 4.74 Å². The van der Waals surface area contributed by atoms with Gasteiger partial charge in [0.2, 0.25) is 5.95 Å². The van der Waals surface area contributed by atoms with E-state index in [9.17, 15) is 4.39 Å². The molecule has 6 nitrogen and oxygen atoms in total. The fourth-order valence-corrected chi connectivity index (χ4v) is 2.85. The van der Waals surface area contributed by atoms with Gasteiger partial charge in [0.05, 0.1) is 5.69 Å². The van der Waals surface area contributed by atoms with E-state index in [1.165, 1.54) is 12.3 Å². The van der Waals surface area contributed by atoms with Crippen molar-refractivity contribution in [2.45, 2.75) is 0 Å². The molecule has 0 aliphatic heterocycles. The van der Waals surface area contributed by atoms with Crippen LogP contribution in [0.2, 0.25) is 0 Å². The molecule has 0 saturated heterocycles. The minimum Gasteiger partial charge on any atom is -0.467 e. The smallest absolute Gasteiger partial charge is 0.213 e. The Morgan fingerprint density at radius 1 is 1.11 bits per heavy atom. The molecule has 28 heavy (non-hydrogen) atoms. The van der Waals surface area contributed by atoms with Crippen molar-refractivity contribution >= 4 is 23.2 Å². The van der Waals surface area contributed by atoms with E-state index < -0.39 is 5.95 Å². The average molecular weight is 376 g/mol. The Bertz CT molecular complexity index is 1140. The van der Waals surface area contributed by atoms with Crippen LogP contribution in [0.5, 0.6) is 5.75 Å². The monoisotopic (exact) mass is 376 g/mol. The van der Waals surface area contributed by atoms with Gasteiger partial charge in [0.1, 0.15) is 5.75 Å². The minimum atomic E-state index is -0.512. The predicted molar refractivity (Wildman–Crippen MR) is 105 cm³/mol. The molecule has 0 spiro atoms. The van der Waals surface area contributed by atoms with Crippen molar-refractivity contribution in [2.24, 2.45) is 0 Å². The largest absolute Gasteiger partial charge is 0.467 e. The molecular weight excluding hydrogens is 359 g/mol. The number of aromatic amines is 1. The third kappa shape index (κ3) is 3.74. The number of para-hydroxylation sites is 1. The number of methoxy groups -OCH3 is 1. The second kappa shape index (κ2) is 7.98. The van der Waals surface area contributed by atoms with Crippen molar-refractivity contribution in [1.82, 2.24) is 20.2 Å². The number of nitrogens with one attached hydrogen (secondary N) is 1. The standard InChI is InChI=1S/C21H17FN4O2/c1-27-13-28-19-5-3-2-4-16(19)18-11-17-15(12-24-21(17)26-25-18)7-6-14-8-9-23-20(22)10-14/h2-12H,13H2,1H3,(H,24,26)/b7-6-. The fourth-order valence-electron chi connectivity index (χ4n) is 2.85. The number of aromatic nitrogens is 4. The first-order chi connectivity index (χ1) is 13.7. The topological polar surface area (TPSA) is 72.9 Å². The van der Waals surface area contributed by atoms with E-state index in [2.05, 4.69) is 20.2 Å². The molecule has 0 radical (unpaired) electrons.